The number of rotatable bonds is 9. The van der Waals surface area contributed by atoms with Gasteiger partial charge in [0.2, 0.25) is 5.91 Å². The maximum atomic E-state index is 13.0. The number of piperazine rings is 1. The second-order valence-corrected chi connectivity index (χ2v) is 15.6. The van der Waals surface area contributed by atoms with Crippen LogP contribution in [0.2, 0.25) is 0 Å². The van der Waals surface area contributed by atoms with Crippen LogP contribution in [0.1, 0.15) is 69.2 Å². The normalized spacial score (nSPS) is 16.9. The summed E-state index contributed by atoms with van der Waals surface area (Å²) in [6.07, 6.45) is -0.209. The lowest BCUT2D eigenvalue weighted by Gasteiger charge is -2.52. The van der Waals surface area contributed by atoms with Crippen molar-refractivity contribution in [2.24, 2.45) is 0 Å². The van der Waals surface area contributed by atoms with Gasteiger partial charge in [0, 0.05) is 52.7 Å². The number of ether oxygens (including phenoxy) is 1. The number of carbonyl (C=O) groups excluding carboxylic acids is 2. The summed E-state index contributed by atoms with van der Waals surface area (Å²) >= 11 is 0. The monoisotopic (exact) mass is 459 g/mol. The van der Waals surface area contributed by atoms with Crippen LogP contribution in [-0.2, 0) is 9.53 Å². The molecule has 0 radical (unpaired) electrons. The van der Waals surface area contributed by atoms with Crippen molar-refractivity contribution in [1.82, 2.24) is 14.7 Å². The van der Waals surface area contributed by atoms with Gasteiger partial charge < -0.3 is 14.5 Å². The fourth-order valence-electron chi connectivity index (χ4n) is 4.78. The van der Waals surface area contributed by atoms with E-state index in [1.54, 1.807) is 6.92 Å². The van der Waals surface area contributed by atoms with Crippen molar-refractivity contribution in [2.45, 2.75) is 90.6 Å². The summed E-state index contributed by atoms with van der Waals surface area (Å²) in [4.78, 5) is 30.8. The van der Waals surface area contributed by atoms with Crippen LogP contribution < -0.4 is 0 Å². The van der Waals surface area contributed by atoms with Crippen LogP contribution in [0.3, 0.4) is 0 Å². The summed E-state index contributed by atoms with van der Waals surface area (Å²) in [6, 6.07) is 0. The second-order valence-electron chi connectivity index (χ2n) is 10.6. The van der Waals surface area contributed by atoms with Gasteiger partial charge in [0.25, 0.3) is 0 Å². The Bertz CT molecular complexity index is 557. The van der Waals surface area contributed by atoms with Gasteiger partial charge in [0.05, 0.1) is 0 Å². The van der Waals surface area contributed by atoms with Crippen LogP contribution in [0, 0.1) is 0 Å². The van der Waals surface area contributed by atoms with E-state index in [2.05, 4.69) is 46.4 Å². The number of hydrogen-bond acceptors (Lipinski definition) is 4. The van der Waals surface area contributed by atoms with E-state index in [1.807, 2.05) is 30.6 Å². The molecule has 0 spiro atoms. The summed E-state index contributed by atoms with van der Waals surface area (Å²) < 4.78 is 5.76. The largest absolute Gasteiger partial charge is 0.444 e. The maximum Gasteiger partial charge on any atom is 0.410 e. The average Bonchev–Trinajstić information content (AvgIpc) is 2.62. The molecule has 2 amide bonds. The highest BCUT2D eigenvalue weighted by atomic mass is 32.3. The van der Waals surface area contributed by atoms with Crippen molar-refractivity contribution in [3.63, 3.8) is 0 Å². The zero-order valence-electron chi connectivity index (χ0n) is 21.9. The molecule has 0 unspecified atom stereocenters. The molecule has 0 aromatic heterocycles. The van der Waals surface area contributed by atoms with E-state index in [4.69, 9.17) is 4.74 Å². The molecule has 31 heavy (non-hydrogen) atoms. The van der Waals surface area contributed by atoms with Crippen LogP contribution >= 0.6 is 10.0 Å². The highest BCUT2D eigenvalue weighted by Gasteiger charge is 2.35. The first kappa shape index (κ1) is 28.1. The minimum atomic E-state index is -0.886. The van der Waals surface area contributed by atoms with E-state index in [1.165, 1.54) is 0 Å². The molecule has 0 atom stereocenters. The number of hydrogen-bond donors (Lipinski definition) is 0. The van der Waals surface area contributed by atoms with Gasteiger partial charge in [0.1, 0.15) is 5.60 Å². The molecule has 1 aliphatic heterocycles. The number of carbonyl (C=O) groups is 2. The summed E-state index contributed by atoms with van der Waals surface area (Å²) in [5.74, 6) is 1.20. The SMILES string of the molecule is CC(=O)N1CCN(CCN(CCS(C(C)C)(C(C)C)C(C)C)C(=O)OC(C)(C)C)CC1. The van der Waals surface area contributed by atoms with E-state index in [9.17, 15) is 9.59 Å². The van der Waals surface area contributed by atoms with Gasteiger partial charge in [0.15, 0.2) is 0 Å². The quantitative estimate of drug-likeness (QED) is 0.512. The van der Waals surface area contributed by atoms with Crippen molar-refractivity contribution >= 4 is 22.0 Å². The van der Waals surface area contributed by atoms with Crippen molar-refractivity contribution in [2.75, 3.05) is 51.6 Å². The summed E-state index contributed by atoms with van der Waals surface area (Å²) in [5, 5.41) is 1.85. The summed E-state index contributed by atoms with van der Waals surface area (Å²) in [6.45, 7) is 27.0. The lowest BCUT2D eigenvalue weighted by atomic mass is 10.2. The van der Waals surface area contributed by atoms with Gasteiger partial charge in [-0.15, -0.1) is 0 Å². The van der Waals surface area contributed by atoms with Gasteiger partial charge in [-0.25, -0.2) is 14.8 Å². The van der Waals surface area contributed by atoms with Gasteiger partial charge in [-0.3, -0.25) is 9.69 Å². The Kier molecular flexibility index (Phi) is 10.7. The van der Waals surface area contributed by atoms with Gasteiger partial charge in [-0.2, -0.15) is 0 Å². The molecular weight excluding hydrogens is 410 g/mol. The van der Waals surface area contributed by atoms with Crippen LogP contribution in [0.15, 0.2) is 0 Å². The third kappa shape index (κ3) is 8.16. The van der Waals surface area contributed by atoms with E-state index in [0.29, 0.717) is 22.3 Å². The van der Waals surface area contributed by atoms with Crippen molar-refractivity contribution in [3.05, 3.63) is 0 Å². The zero-order chi connectivity index (χ0) is 24.0. The highest BCUT2D eigenvalue weighted by molar-refractivity contribution is 8.35. The smallest absolute Gasteiger partial charge is 0.410 e. The Morgan fingerprint density at radius 1 is 0.903 bits per heavy atom. The van der Waals surface area contributed by atoms with Crippen molar-refractivity contribution in [3.8, 4) is 0 Å². The van der Waals surface area contributed by atoms with Crippen LogP contribution in [0.5, 0.6) is 0 Å². The summed E-state index contributed by atoms with van der Waals surface area (Å²) in [7, 11) is -0.886. The minimum Gasteiger partial charge on any atom is -0.444 e. The molecule has 0 saturated carbocycles. The second kappa shape index (κ2) is 11.8. The third-order valence-electron chi connectivity index (χ3n) is 6.50. The van der Waals surface area contributed by atoms with Gasteiger partial charge in [-0.05, 0) is 42.3 Å². The maximum absolute atomic E-state index is 13.0. The first-order chi connectivity index (χ1) is 14.2. The Morgan fingerprint density at radius 3 is 1.77 bits per heavy atom. The molecule has 7 heteroatoms. The third-order valence-corrected chi connectivity index (χ3v) is 12.7. The van der Waals surface area contributed by atoms with Gasteiger partial charge >= 0.3 is 6.09 Å². The topological polar surface area (TPSA) is 53.1 Å². The molecule has 1 saturated heterocycles. The fraction of sp³-hybridized carbons (Fsp3) is 0.917. The molecule has 1 aliphatic rings. The van der Waals surface area contributed by atoms with Crippen LogP contribution in [0.4, 0.5) is 4.79 Å². The van der Waals surface area contributed by atoms with Crippen LogP contribution in [0.25, 0.3) is 0 Å². The van der Waals surface area contributed by atoms with E-state index < -0.39 is 15.6 Å². The van der Waals surface area contributed by atoms with Crippen molar-refractivity contribution < 1.29 is 14.3 Å². The molecule has 0 aromatic carbocycles. The van der Waals surface area contributed by atoms with Gasteiger partial charge in [-0.1, -0.05) is 41.5 Å². The lowest BCUT2D eigenvalue weighted by molar-refractivity contribution is -0.130. The predicted octanol–water partition coefficient (Wildman–Crippen LogP) is 4.42. The minimum absolute atomic E-state index is 0.144. The molecule has 1 heterocycles. The predicted molar refractivity (Wildman–Crippen MR) is 134 cm³/mol. The average molecular weight is 460 g/mol. The Balaban J connectivity index is 2.87. The fourth-order valence-corrected chi connectivity index (χ4v) is 9.99. The van der Waals surface area contributed by atoms with Crippen LogP contribution in [-0.4, -0.2) is 99.6 Å². The number of amides is 2. The summed E-state index contributed by atoms with van der Waals surface area (Å²) in [5.41, 5.74) is -0.499. The standard InChI is InChI=1S/C24H49N3O3S/c1-19(2)31(20(3)4,21(5)6)18-17-27(23(29)30-24(8,9)10)16-13-25-11-14-26(15-12-25)22(7)28/h19-21H,11-18H2,1-10H3. The first-order valence-corrected chi connectivity index (χ1v) is 13.9. The molecule has 1 fully saturated rings. The molecule has 0 aliphatic carbocycles. The molecule has 0 bridgehead atoms. The lowest BCUT2D eigenvalue weighted by Crippen LogP contribution is -2.51. The van der Waals surface area contributed by atoms with E-state index in [-0.39, 0.29) is 12.0 Å². The van der Waals surface area contributed by atoms with Crippen molar-refractivity contribution in [1.29, 1.82) is 0 Å². The Labute approximate surface area is 193 Å². The van der Waals surface area contributed by atoms with E-state index in [0.717, 1.165) is 45.0 Å². The molecule has 0 aromatic rings. The first-order valence-electron chi connectivity index (χ1n) is 11.9. The Hall–Kier alpha value is -0.950. The number of nitrogens with zero attached hydrogens (tertiary/aromatic N) is 3. The molecule has 184 valence electrons. The van der Waals surface area contributed by atoms with E-state index >= 15 is 0 Å². The zero-order valence-corrected chi connectivity index (χ0v) is 22.7. The highest BCUT2D eigenvalue weighted by Crippen LogP contribution is 2.60. The molecule has 0 N–H and O–H groups in total. The molecule has 1 rings (SSSR count). The molecule has 6 nitrogen and oxygen atoms in total. The molecular formula is C24H49N3O3S. The Morgan fingerprint density at radius 2 is 1.39 bits per heavy atom.